The maximum atomic E-state index is 12.4. The summed E-state index contributed by atoms with van der Waals surface area (Å²) >= 11 is 0. The van der Waals surface area contributed by atoms with Crippen LogP contribution in [0.4, 0.5) is 13.2 Å². The predicted molar refractivity (Wildman–Crippen MR) is 75.2 cm³/mol. The van der Waals surface area contributed by atoms with Crippen molar-refractivity contribution in [3.63, 3.8) is 0 Å². The van der Waals surface area contributed by atoms with E-state index in [0.29, 0.717) is 5.56 Å². The molecule has 2 rings (SSSR count). The highest BCUT2D eigenvalue weighted by Crippen LogP contribution is 2.29. The number of halogens is 3. The lowest BCUT2D eigenvalue weighted by Gasteiger charge is -2.08. The Kier molecular flexibility index (Phi) is 4.78. The van der Waals surface area contributed by atoms with E-state index in [1.807, 2.05) is 0 Å². The van der Waals surface area contributed by atoms with Crippen molar-refractivity contribution in [1.29, 1.82) is 0 Å². The number of benzene rings is 2. The zero-order valence-electron chi connectivity index (χ0n) is 11.8. The number of aromatic hydroxyl groups is 2. The zero-order valence-corrected chi connectivity index (χ0v) is 11.8. The Morgan fingerprint density at radius 2 is 1.57 bits per heavy atom. The van der Waals surface area contributed by atoms with E-state index in [1.165, 1.54) is 12.1 Å². The van der Waals surface area contributed by atoms with E-state index < -0.39 is 17.7 Å². The Labute approximate surface area is 129 Å². The highest BCUT2D eigenvalue weighted by atomic mass is 19.4. The van der Waals surface area contributed by atoms with Gasteiger partial charge in [-0.15, -0.1) is 0 Å². The Morgan fingerprint density at radius 1 is 1.00 bits per heavy atom. The van der Waals surface area contributed by atoms with Crippen LogP contribution >= 0.6 is 0 Å². The summed E-state index contributed by atoms with van der Waals surface area (Å²) in [5.74, 6) is -1.15. The van der Waals surface area contributed by atoms with Gasteiger partial charge in [0, 0.05) is 24.6 Å². The van der Waals surface area contributed by atoms with Gasteiger partial charge in [-0.1, -0.05) is 12.1 Å². The Bertz CT molecular complexity index is 673. The van der Waals surface area contributed by atoms with E-state index >= 15 is 0 Å². The number of hydrogen-bond donors (Lipinski definition) is 2. The number of phenols is 2. The first kappa shape index (κ1) is 16.7. The summed E-state index contributed by atoms with van der Waals surface area (Å²) in [5, 5.41) is 18.5. The molecule has 0 aliphatic rings. The Hall–Kier alpha value is -2.70. The third-order valence-corrected chi connectivity index (χ3v) is 3.01. The molecule has 0 unspecified atom stereocenters. The lowest BCUT2D eigenvalue weighted by atomic mass is 10.1. The SMILES string of the molecule is O=C(CCc1ccc(C(F)(F)F)cc1)Oc1cc(O)cc(O)c1. The van der Waals surface area contributed by atoms with Gasteiger partial charge in [-0.3, -0.25) is 4.79 Å². The number of hydrogen-bond acceptors (Lipinski definition) is 4. The predicted octanol–water partition coefficient (Wildman–Crippen LogP) is 3.65. The fourth-order valence-electron chi connectivity index (χ4n) is 1.92. The van der Waals surface area contributed by atoms with Gasteiger partial charge >= 0.3 is 12.1 Å². The van der Waals surface area contributed by atoms with E-state index in [2.05, 4.69) is 0 Å². The quantitative estimate of drug-likeness (QED) is 0.665. The van der Waals surface area contributed by atoms with E-state index in [-0.39, 0.29) is 30.1 Å². The third-order valence-electron chi connectivity index (χ3n) is 3.01. The largest absolute Gasteiger partial charge is 0.508 e. The van der Waals surface area contributed by atoms with Gasteiger partial charge in [0.1, 0.15) is 17.2 Å². The summed E-state index contributed by atoms with van der Waals surface area (Å²) in [7, 11) is 0. The molecule has 0 aliphatic heterocycles. The smallest absolute Gasteiger partial charge is 0.416 e. The van der Waals surface area contributed by atoms with Gasteiger partial charge in [0.25, 0.3) is 0 Å². The molecule has 2 aromatic carbocycles. The molecular weight excluding hydrogens is 313 g/mol. The number of phenolic OH excluding ortho intramolecular Hbond substituents is 2. The normalized spacial score (nSPS) is 11.3. The summed E-state index contributed by atoms with van der Waals surface area (Å²) in [6, 6.07) is 7.92. The summed E-state index contributed by atoms with van der Waals surface area (Å²) in [6.45, 7) is 0. The molecule has 0 radical (unpaired) electrons. The highest BCUT2D eigenvalue weighted by molar-refractivity contribution is 5.73. The lowest BCUT2D eigenvalue weighted by molar-refractivity contribution is -0.137. The maximum Gasteiger partial charge on any atom is 0.416 e. The second-order valence-electron chi connectivity index (χ2n) is 4.85. The number of carbonyl (C=O) groups is 1. The standard InChI is InChI=1S/C16H13F3O4/c17-16(18,19)11-4-1-10(2-5-11)3-6-15(22)23-14-8-12(20)7-13(21)9-14/h1-2,4-5,7-9,20-21H,3,6H2. The number of carbonyl (C=O) groups excluding carboxylic acids is 1. The topological polar surface area (TPSA) is 66.8 Å². The van der Waals surface area contributed by atoms with Crippen LogP contribution in [0, 0.1) is 0 Å². The third kappa shape index (κ3) is 4.91. The van der Waals surface area contributed by atoms with E-state index in [4.69, 9.17) is 4.74 Å². The van der Waals surface area contributed by atoms with Crippen LogP contribution in [0.2, 0.25) is 0 Å². The van der Waals surface area contributed by atoms with Crippen molar-refractivity contribution in [2.24, 2.45) is 0 Å². The minimum atomic E-state index is -4.39. The first-order valence-corrected chi connectivity index (χ1v) is 6.64. The van der Waals surface area contributed by atoms with Crippen LogP contribution in [-0.2, 0) is 17.4 Å². The summed E-state index contributed by atoms with van der Waals surface area (Å²) in [6.07, 6.45) is -4.24. The average Bonchev–Trinajstić information content (AvgIpc) is 2.43. The summed E-state index contributed by atoms with van der Waals surface area (Å²) < 4.78 is 42.2. The highest BCUT2D eigenvalue weighted by Gasteiger charge is 2.29. The summed E-state index contributed by atoms with van der Waals surface area (Å²) in [5.41, 5.74) is -0.187. The fourth-order valence-corrected chi connectivity index (χ4v) is 1.92. The van der Waals surface area contributed by atoms with E-state index in [1.54, 1.807) is 0 Å². The van der Waals surface area contributed by atoms with Crippen LogP contribution in [0.5, 0.6) is 17.2 Å². The molecule has 0 saturated carbocycles. The lowest BCUT2D eigenvalue weighted by Crippen LogP contribution is -2.09. The van der Waals surface area contributed by atoms with Crippen molar-refractivity contribution in [1.82, 2.24) is 0 Å². The van der Waals surface area contributed by atoms with Gasteiger partial charge in [-0.2, -0.15) is 13.2 Å². The molecule has 4 nitrogen and oxygen atoms in total. The van der Waals surface area contributed by atoms with Crippen LogP contribution in [0.3, 0.4) is 0 Å². The van der Waals surface area contributed by atoms with Crippen LogP contribution < -0.4 is 4.74 Å². The first-order chi connectivity index (χ1) is 10.7. The summed E-state index contributed by atoms with van der Waals surface area (Å²) in [4.78, 5) is 11.7. The molecule has 0 aromatic heterocycles. The van der Waals surface area contributed by atoms with Gasteiger partial charge < -0.3 is 14.9 Å². The molecule has 122 valence electrons. The van der Waals surface area contributed by atoms with Crippen LogP contribution in [0.15, 0.2) is 42.5 Å². The van der Waals surface area contributed by atoms with E-state index in [9.17, 15) is 28.2 Å². The average molecular weight is 326 g/mol. The first-order valence-electron chi connectivity index (χ1n) is 6.64. The molecule has 0 aliphatic carbocycles. The molecule has 2 N–H and O–H groups in total. The fraction of sp³-hybridized carbons (Fsp3) is 0.188. The second-order valence-corrected chi connectivity index (χ2v) is 4.85. The molecular formula is C16H13F3O4. The molecule has 23 heavy (non-hydrogen) atoms. The molecule has 0 amide bonds. The van der Waals surface area contributed by atoms with Crippen molar-refractivity contribution in [3.8, 4) is 17.2 Å². The molecule has 0 bridgehead atoms. The van der Waals surface area contributed by atoms with Crippen molar-refractivity contribution in [3.05, 3.63) is 53.6 Å². The molecule has 0 heterocycles. The zero-order chi connectivity index (χ0) is 17.0. The Morgan fingerprint density at radius 3 is 2.09 bits per heavy atom. The van der Waals surface area contributed by atoms with Gasteiger partial charge in [-0.25, -0.2) is 0 Å². The van der Waals surface area contributed by atoms with E-state index in [0.717, 1.165) is 30.3 Å². The number of alkyl halides is 3. The number of aryl methyl sites for hydroxylation is 1. The van der Waals surface area contributed by atoms with Crippen molar-refractivity contribution in [2.45, 2.75) is 19.0 Å². The number of ether oxygens (including phenoxy) is 1. The van der Waals surface area contributed by atoms with Crippen LogP contribution in [0.1, 0.15) is 17.5 Å². The monoisotopic (exact) mass is 326 g/mol. The molecule has 2 aromatic rings. The minimum Gasteiger partial charge on any atom is -0.508 e. The Balaban J connectivity index is 1.91. The van der Waals surface area contributed by atoms with Crippen molar-refractivity contribution in [2.75, 3.05) is 0 Å². The van der Waals surface area contributed by atoms with Crippen molar-refractivity contribution >= 4 is 5.97 Å². The molecule has 0 fully saturated rings. The minimum absolute atomic E-state index is 0.0140. The van der Waals surface area contributed by atoms with Crippen LogP contribution in [-0.4, -0.2) is 16.2 Å². The van der Waals surface area contributed by atoms with Gasteiger partial charge in [-0.05, 0) is 24.1 Å². The number of esters is 1. The molecule has 0 saturated heterocycles. The van der Waals surface area contributed by atoms with Crippen LogP contribution in [0.25, 0.3) is 0 Å². The van der Waals surface area contributed by atoms with Gasteiger partial charge in [0.15, 0.2) is 0 Å². The molecule has 0 atom stereocenters. The van der Waals surface area contributed by atoms with Gasteiger partial charge in [0.2, 0.25) is 0 Å². The van der Waals surface area contributed by atoms with Gasteiger partial charge in [0.05, 0.1) is 5.56 Å². The second kappa shape index (κ2) is 6.60. The molecule has 0 spiro atoms. The maximum absolute atomic E-state index is 12.4. The molecule has 7 heteroatoms. The number of rotatable bonds is 4. The van der Waals surface area contributed by atoms with Crippen molar-refractivity contribution < 1.29 is 32.9 Å².